The van der Waals surface area contributed by atoms with Crippen molar-refractivity contribution in [3.05, 3.63) is 59.4 Å². The van der Waals surface area contributed by atoms with E-state index in [0.717, 1.165) is 24.1 Å². The van der Waals surface area contributed by atoms with Crippen LogP contribution in [0.25, 0.3) is 0 Å². The highest BCUT2D eigenvalue weighted by atomic mass is 16.1. The number of aromatic nitrogens is 1. The van der Waals surface area contributed by atoms with Gasteiger partial charge in [0.05, 0.1) is 6.04 Å². The summed E-state index contributed by atoms with van der Waals surface area (Å²) >= 11 is 0. The Morgan fingerprint density at radius 1 is 1.24 bits per heavy atom. The molecule has 0 fully saturated rings. The summed E-state index contributed by atoms with van der Waals surface area (Å²) in [6, 6.07) is 10.4. The average Bonchev–Trinajstić information content (AvgIpc) is 2.69. The van der Waals surface area contributed by atoms with Crippen LogP contribution in [0.1, 0.15) is 35.6 Å². The van der Waals surface area contributed by atoms with Gasteiger partial charge in [-0.3, -0.25) is 9.78 Å². The Bertz CT molecular complexity index is 640. The number of rotatable bonds is 3. The maximum absolute atomic E-state index is 11.6. The SMILES string of the molecule is CNC(c1cccnc1)c1ccc2c(c1)CCCC(=O)N2. The number of aryl methyl sites for hydroxylation is 1. The van der Waals surface area contributed by atoms with Gasteiger partial charge in [-0.15, -0.1) is 0 Å². The molecule has 0 saturated carbocycles. The van der Waals surface area contributed by atoms with Crippen LogP contribution in [0.4, 0.5) is 5.69 Å². The van der Waals surface area contributed by atoms with Gasteiger partial charge in [-0.2, -0.15) is 0 Å². The van der Waals surface area contributed by atoms with Crippen molar-refractivity contribution in [2.24, 2.45) is 0 Å². The van der Waals surface area contributed by atoms with Crippen molar-refractivity contribution in [3.63, 3.8) is 0 Å². The molecule has 2 heterocycles. The van der Waals surface area contributed by atoms with E-state index in [1.165, 1.54) is 11.1 Å². The van der Waals surface area contributed by atoms with Crippen LogP contribution in [-0.2, 0) is 11.2 Å². The van der Waals surface area contributed by atoms with Crippen LogP contribution in [0.3, 0.4) is 0 Å². The number of nitrogens with zero attached hydrogens (tertiary/aromatic N) is 1. The maximum atomic E-state index is 11.6. The molecule has 1 unspecified atom stereocenters. The van der Waals surface area contributed by atoms with Crippen LogP contribution < -0.4 is 10.6 Å². The largest absolute Gasteiger partial charge is 0.326 e. The molecule has 21 heavy (non-hydrogen) atoms. The minimum Gasteiger partial charge on any atom is -0.326 e. The van der Waals surface area contributed by atoms with Gasteiger partial charge in [0.2, 0.25) is 5.91 Å². The molecule has 0 aliphatic carbocycles. The van der Waals surface area contributed by atoms with Crippen molar-refractivity contribution < 1.29 is 4.79 Å². The quantitative estimate of drug-likeness (QED) is 0.909. The van der Waals surface area contributed by atoms with Crippen LogP contribution in [0.15, 0.2) is 42.7 Å². The Kier molecular flexibility index (Phi) is 3.97. The van der Waals surface area contributed by atoms with Crippen molar-refractivity contribution >= 4 is 11.6 Å². The molecular weight excluding hydrogens is 262 g/mol. The highest BCUT2D eigenvalue weighted by Crippen LogP contribution is 2.28. The number of benzene rings is 1. The number of carbonyl (C=O) groups excluding carboxylic acids is 1. The molecule has 2 aromatic rings. The molecule has 4 nitrogen and oxygen atoms in total. The third-order valence-corrected chi connectivity index (χ3v) is 3.89. The second kappa shape index (κ2) is 6.06. The lowest BCUT2D eigenvalue weighted by molar-refractivity contribution is -0.116. The Morgan fingerprint density at radius 3 is 2.90 bits per heavy atom. The molecule has 1 aromatic carbocycles. The fourth-order valence-electron chi connectivity index (χ4n) is 2.85. The first kappa shape index (κ1) is 13.8. The number of hydrogen-bond acceptors (Lipinski definition) is 3. The van der Waals surface area contributed by atoms with Gasteiger partial charge >= 0.3 is 0 Å². The Labute approximate surface area is 124 Å². The summed E-state index contributed by atoms with van der Waals surface area (Å²) in [7, 11) is 1.95. The van der Waals surface area contributed by atoms with Crippen LogP contribution in [0.2, 0.25) is 0 Å². The smallest absolute Gasteiger partial charge is 0.224 e. The first-order valence-electron chi connectivity index (χ1n) is 7.28. The molecule has 1 atom stereocenters. The number of fused-ring (bicyclic) bond motifs is 1. The van der Waals surface area contributed by atoms with Crippen LogP contribution in [0.5, 0.6) is 0 Å². The van der Waals surface area contributed by atoms with Gasteiger partial charge in [-0.1, -0.05) is 18.2 Å². The van der Waals surface area contributed by atoms with Gasteiger partial charge in [-0.25, -0.2) is 0 Å². The van der Waals surface area contributed by atoms with E-state index in [2.05, 4.69) is 33.8 Å². The highest BCUT2D eigenvalue weighted by Gasteiger charge is 2.17. The van der Waals surface area contributed by atoms with Gasteiger partial charge in [0.1, 0.15) is 0 Å². The number of pyridine rings is 1. The Morgan fingerprint density at radius 2 is 2.14 bits per heavy atom. The third kappa shape index (κ3) is 2.95. The second-order valence-corrected chi connectivity index (χ2v) is 5.33. The van der Waals surface area contributed by atoms with E-state index in [4.69, 9.17) is 0 Å². The number of carbonyl (C=O) groups is 1. The van der Waals surface area contributed by atoms with Gasteiger partial charge in [0.15, 0.2) is 0 Å². The fourth-order valence-corrected chi connectivity index (χ4v) is 2.85. The molecule has 0 spiro atoms. The lowest BCUT2D eigenvalue weighted by Gasteiger charge is -2.18. The van der Waals surface area contributed by atoms with E-state index in [-0.39, 0.29) is 11.9 Å². The van der Waals surface area contributed by atoms with E-state index >= 15 is 0 Å². The van der Waals surface area contributed by atoms with Crippen LogP contribution in [0, 0.1) is 0 Å². The van der Waals surface area contributed by atoms with Crippen molar-refractivity contribution in [1.29, 1.82) is 0 Å². The predicted molar refractivity (Wildman–Crippen MR) is 83.1 cm³/mol. The number of anilines is 1. The van der Waals surface area contributed by atoms with E-state index in [0.29, 0.717) is 6.42 Å². The number of nitrogens with one attached hydrogen (secondary N) is 2. The van der Waals surface area contributed by atoms with Crippen molar-refractivity contribution in [3.8, 4) is 0 Å². The van der Waals surface area contributed by atoms with Gasteiger partial charge in [0, 0.05) is 24.5 Å². The Hall–Kier alpha value is -2.20. The average molecular weight is 281 g/mol. The van der Waals surface area contributed by atoms with E-state index in [1.807, 2.05) is 25.4 Å². The molecule has 3 rings (SSSR count). The van der Waals surface area contributed by atoms with Gasteiger partial charge < -0.3 is 10.6 Å². The molecule has 0 radical (unpaired) electrons. The normalized spacial score (nSPS) is 15.8. The molecule has 1 aliphatic rings. The molecule has 1 aromatic heterocycles. The molecule has 108 valence electrons. The van der Waals surface area contributed by atoms with E-state index in [1.54, 1.807) is 6.20 Å². The Balaban J connectivity index is 1.95. The lowest BCUT2D eigenvalue weighted by atomic mass is 9.96. The van der Waals surface area contributed by atoms with E-state index < -0.39 is 0 Å². The second-order valence-electron chi connectivity index (χ2n) is 5.33. The molecule has 1 amide bonds. The topological polar surface area (TPSA) is 54.0 Å². The lowest BCUT2D eigenvalue weighted by Crippen LogP contribution is -2.18. The molecular formula is C17H19N3O. The molecule has 0 saturated heterocycles. The number of amides is 1. The first-order valence-corrected chi connectivity index (χ1v) is 7.28. The number of hydrogen-bond donors (Lipinski definition) is 2. The summed E-state index contributed by atoms with van der Waals surface area (Å²) in [4.78, 5) is 15.8. The molecule has 1 aliphatic heterocycles. The maximum Gasteiger partial charge on any atom is 0.224 e. The van der Waals surface area contributed by atoms with E-state index in [9.17, 15) is 4.79 Å². The minimum atomic E-state index is 0.110. The summed E-state index contributed by atoms with van der Waals surface area (Å²) in [5.41, 5.74) is 4.49. The van der Waals surface area contributed by atoms with Crippen molar-refractivity contribution in [2.45, 2.75) is 25.3 Å². The zero-order valence-electron chi connectivity index (χ0n) is 12.1. The monoisotopic (exact) mass is 281 g/mol. The highest BCUT2D eigenvalue weighted by molar-refractivity contribution is 5.92. The van der Waals surface area contributed by atoms with Crippen LogP contribution >= 0.6 is 0 Å². The standard InChI is InChI=1S/C17H19N3O/c1-18-17(14-5-3-9-19-11-14)13-7-8-15-12(10-13)4-2-6-16(21)20-15/h3,5,7-11,17-18H,2,4,6H2,1H3,(H,20,21). The van der Waals surface area contributed by atoms with Crippen molar-refractivity contribution in [1.82, 2.24) is 10.3 Å². The summed E-state index contributed by atoms with van der Waals surface area (Å²) in [6.45, 7) is 0. The zero-order valence-corrected chi connectivity index (χ0v) is 12.1. The van der Waals surface area contributed by atoms with Gasteiger partial charge in [0.25, 0.3) is 0 Å². The van der Waals surface area contributed by atoms with Crippen molar-refractivity contribution in [2.75, 3.05) is 12.4 Å². The summed E-state index contributed by atoms with van der Waals surface area (Å²) in [5, 5.41) is 6.31. The fraction of sp³-hybridized carbons (Fsp3) is 0.294. The first-order chi connectivity index (χ1) is 10.3. The summed E-state index contributed by atoms with van der Waals surface area (Å²) < 4.78 is 0. The summed E-state index contributed by atoms with van der Waals surface area (Å²) in [6.07, 6.45) is 6.10. The molecule has 0 bridgehead atoms. The third-order valence-electron chi connectivity index (χ3n) is 3.89. The molecule has 2 N–H and O–H groups in total. The minimum absolute atomic E-state index is 0.110. The predicted octanol–water partition coefficient (Wildman–Crippen LogP) is 2.67. The van der Waals surface area contributed by atoms with Crippen LogP contribution in [-0.4, -0.2) is 17.9 Å². The van der Waals surface area contributed by atoms with Gasteiger partial charge in [-0.05, 0) is 48.7 Å². The molecule has 4 heteroatoms. The zero-order chi connectivity index (χ0) is 14.7. The summed E-state index contributed by atoms with van der Waals surface area (Å²) in [5.74, 6) is 0.110.